The van der Waals surface area contributed by atoms with Gasteiger partial charge in [0.05, 0.1) is 11.5 Å². The van der Waals surface area contributed by atoms with Crippen LogP contribution in [-0.4, -0.2) is 72.7 Å². The topological polar surface area (TPSA) is 95.0 Å². The molecule has 1 N–H and O–H groups in total. The molecule has 1 saturated heterocycles. The highest BCUT2D eigenvalue weighted by atomic mass is 32.2. The van der Waals surface area contributed by atoms with Gasteiger partial charge in [0.15, 0.2) is 9.84 Å². The maximum Gasteiger partial charge on any atom is 0.254 e. The number of sulfone groups is 1. The molecule has 8 heteroatoms. The van der Waals surface area contributed by atoms with Gasteiger partial charge < -0.3 is 14.9 Å². The van der Waals surface area contributed by atoms with Crippen LogP contribution in [0.2, 0.25) is 0 Å². The molecular weight excluding hydrogens is 452 g/mol. The fraction of sp³-hybridized carbons (Fsp3) is 0.462. The van der Waals surface area contributed by atoms with Crippen molar-refractivity contribution in [1.82, 2.24) is 9.80 Å². The van der Waals surface area contributed by atoms with Crippen LogP contribution in [0.15, 0.2) is 48.5 Å². The molecule has 0 radical (unpaired) electrons. The van der Waals surface area contributed by atoms with Crippen LogP contribution < -0.4 is 0 Å². The van der Waals surface area contributed by atoms with Gasteiger partial charge in [0, 0.05) is 31.7 Å². The Kier molecular flexibility index (Phi) is 5.98. The summed E-state index contributed by atoms with van der Waals surface area (Å²) in [7, 11) is -3.10. The van der Waals surface area contributed by atoms with E-state index in [-0.39, 0.29) is 23.3 Å². The quantitative estimate of drug-likeness (QED) is 0.654. The van der Waals surface area contributed by atoms with Crippen molar-refractivity contribution in [3.05, 3.63) is 59.7 Å². The van der Waals surface area contributed by atoms with E-state index < -0.39 is 15.4 Å². The molecule has 2 amide bonds. The molecule has 1 heterocycles. The fourth-order valence-electron chi connectivity index (χ4n) is 4.52. The second-order valence-corrected chi connectivity index (χ2v) is 12.0. The molecule has 1 aliphatic heterocycles. The summed E-state index contributed by atoms with van der Waals surface area (Å²) in [6, 6.07) is 14.9. The smallest absolute Gasteiger partial charge is 0.254 e. The lowest BCUT2D eigenvalue weighted by atomic mass is 10.0. The summed E-state index contributed by atoms with van der Waals surface area (Å²) >= 11 is 0. The zero-order valence-electron chi connectivity index (χ0n) is 19.2. The Morgan fingerprint density at radius 3 is 2.18 bits per heavy atom. The lowest BCUT2D eigenvalue weighted by Gasteiger charge is -2.35. The van der Waals surface area contributed by atoms with Crippen LogP contribution >= 0.6 is 0 Å². The molecule has 7 nitrogen and oxygen atoms in total. The molecular formula is C26H30N2O5S. The number of benzene rings is 2. The van der Waals surface area contributed by atoms with Gasteiger partial charge in [-0.05, 0) is 60.4 Å². The molecule has 2 aromatic rings. The first-order valence-electron chi connectivity index (χ1n) is 11.9. The first kappa shape index (κ1) is 23.1. The SMILES string of the molecule is O=C(c1ccc(-c2cccc(CS(=O)(=O)CC3CC3)c2)cc1)N1CCN(C(=O)C2(O)CC2)CC1. The van der Waals surface area contributed by atoms with Crippen molar-refractivity contribution in [2.75, 3.05) is 31.9 Å². The Labute approximate surface area is 200 Å². The van der Waals surface area contributed by atoms with Crippen LogP contribution in [0.1, 0.15) is 41.6 Å². The molecule has 5 rings (SSSR count). The Morgan fingerprint density at radius 1 is 0.912 bits per heavy atom. The second-order valence-electron chi connectivity index (χ2n) is 9.89. The van der Waals surface area contributed by atoms with Crippen molar-refractivity contribution in [1.29, 1.82) is 0 Å². The highest BCUT2D eigenvalue weighted by Crippen LogP contribution is 2.37. The molecule has 0 aromatic heterocycles. The molecule has 2 aromatic carbocycles. The van der Waals surface area contributed by atoms with Gasteiger partial charge >= 0.3 is 0 Å². The standard InChI is InChI=1S/C26H30N2O5S/c29-24(27-12-14-28(15-13-27)25(30)26(31)10-11-26)22-8-6-21(7-9-22)23-3-1-2-20(16-23)18-34(32,33)17-19-4-5-19/h1-3,6-9,16,19,31H,4-5,10-15,17-18H2. The summed E-state index contributed by atoms with van der Waals surface area (Å²) in [4.78, 5) is 28.6. The summed E-state index contributed by atoms with van der Waals surface area (Å²) < 4.78 is 24.8. The van der Waals surface area contributed by atoms with Crippen molar-refractivity contribution in [2.24, 2.45) is 5.92 Å². The zero-order chi connectivity index (χ0) is 23.9. The third-order valence-corrected chi connectivity index (χ3v) is 8.69. The van der Waals surface area contributed by atoms with Crippen LogP contribution in [0.3, 0.4) is 0 Å². The Morgan fingerprint density at radius 2 is 1.56 bits per heavy atom. The minimum Gasteiger partial charge on any atom is -0.380 e. The largest absolute Gasteiger partial charge is 0.380 e. The van der Waals surface area contributed by atoms with Crippen molar-refractivity contribution in [3.8, 4) is 11.1 Å². The summed E-state index contributed by atoms with van der Waals surface area (Å²) in [6.07, 6.45) is 3.08. The third kappa shape index (κ3) is 5.18. The predicted octanol–water partition coefficient (Wildman–Crippen LogP) is 2.49. The lowest BCUT2D eigenvalue weighted by Crippen LogP contribution is -2.53. The predicted molar refractivity (Wildman–Crippen MR) is 129 cm³/mol. The number of nitrogens with zero attached hydrogens (tertiary/aromatic N) is 2. The Hall–Kier alpha value is -2.71. The number of rotatable bonds is 7. The van der Waals surface area contributed by atoms with Crippen molar-refractivity contribution in [3.63, 3.8) is 0 Å². The number of aliphatic hydroxyl groups is 1. The number of hydrogen-bond donors (Lipinski definition) is 1. The van der Waals surface area contributed by atoms with Crippen molar-refractivity contribution < 1.29 is 23.1 Å². The molecule has 2 saturated carbocycles. The number of carbonyl (C=O) groups excluding carboxylic acids is 2. The van der Waals surface area contributed by atoms with Gasteiger partial charge in [-0.2, -0.15) is 0 Å². The van der Waals surface area contributed by atoms with E-state index in [4.69, 9.17) is 0 Å². The van der Waals surface area contributed by atoms with Gasteiger partial charge in [0.25, 0.3) is 11.8 Å². The summed E-state index contributed by atoms with van der Waals surface area (Å²) in [5, 5.41) is 10.0. The Balaban J connectivity index is 1.21. The van der Waals surface area contributed by atoms with Crippen LogP contribution in [0.25, 0.3) is 11.1 Å². The maximum absolute atomic E-state index is 12.9. The zero-order valence-corrected chi connectivity index (χ0v) is 20.0. The Bertz CT molecular complexity index is 1190. The van der Waals surface area contributed by atoms with E-state index in [1.165, 1.54) is 0 Å². The van der Waals surface area contributed by atoms with Gasteiger partial charge in [0.2, 0.25) is 0 Å². The fourth-order valence-corrected chi connectivity index (χ4v) is 6.38. The first-order chi connectivity index (χ1) is 16.2. The molecule has 0 unspecified atom stereocenters. The highest BCUT2D eigenvalue weighted by molar-refractivity contribution is 7.90. The first-order valence-corrected chi connectivity index (χ1v) is 13.8. The lowest BCUT2D eigenvalue weighted by molar-refractivity contribution is -0.143. The maximum atomic E-state index is 12.9. The molecule has 34 heavy (non-hydrogen) atoms. The van der Waals surface area contributed by atoms with E-state index in [9.17, 15) is 23.1 Å². The average Bonchev–Trinajstić information content (AvgIpc) is 3.77. The van der Waals surface area contributed by atoms with Gasteiger partial charge in [-0.25, -0.2) is 8.42 Å². The summed E-state index contributed by atoms with van der Waals surface area (Å²) in [5.74, 6) is 0.374. The van der Waals surface area contributed by atoms with Gasteiger partial charge in [-0.1, -0.05) is 36.4 Å². The minimum absolute atomic E-state index is 0.0553. The van der Waals surface area contributed by atoms with E-state index in [0.717, 1.165) is 29.5 Å². The average molecular weight is 483 g/mol. The molecule has 180 valence electrons. The third-order valence-electron chi connectivity index (χ3n) is 6.94. The van der Waals surface area contributed by atoms with E-state index in [1.54, 1.807) is 21.9 Å². The number of hydrogen-bond acceptors (Lipinski definition) is 5. The van der Waals surface area contributed by atoms with Crippen LogP contribution in [0, 0.1) is 5.92 Å². The second kappa shape index (κ2) is 8.82. The monoisotopic (exact) mass is 482 g/mol. The normalized spacial score (nSPS) is 19.7. The minimum atomic E-state index is -3.10. The number of carbonyl (C=O) groups is 2. The van der Waals surface area contributed by atoms with E-state index in [2.05, 4.69) is 0 Å². The number of amides is 2. The van der Waals surface area contributed by atoms with E-state index in [1.807, 2.05) is 36.4 Å². The van der Waals surface area contributed by atoms with E-state index >= 15 is 0 Å². The molecule has 2 aliphatic carbocycles. The van der Waals surface area contributed by atoms with Crippen LogP contribution in [0.4, 0.5) is 0 Å². The number of piperazine rings is 1. The summed E-state index contributed by atoms with van der Waals surface area (Å²) in [5.41, 5.74) is 2.03. The van der Waals surface area contributed by atoms with E-state index in [0.29, 0.717) is 50.5 Å². The van der Waals surface area contributed by atoms with Crippen molar-refractivity contribution >= 4 is 21.7 Å². The van der Waals surface area contributed by atoms with Gasteiger partial charge in [0.1, 0.15) is 5.60 Å². The molecule has 0 bridgehead atoms. The molecule has 0 atom stereocenters. The molecule has 3 aliphatic rings. The summed E-state index contributed by atoms with van der Waals surface area (Å²) in [6.45, 7) is 1.75. The van der Waals surface area contributed by atoms with Crippen LogP contribution in [-0.2, 0) is 20.4 Å². The highest BCUT2D eigenvalue weighted by Gasteiger charge is 2.50. The van der Waals surface area contributed by atoms with Crippen molar-refractivity contribution in [2.45, 2.75) is 37.0 Å². The van der Waals surface area contributed by atoms with Gasteiger partial charge in [-0.3, -0.25) is 9.59 Å². The van der Waals surface area contributed by atoms with Gasteiger partial charge in [-0.15, -0.1) is 0 Å². The molecule has 3 fully saturated rings. The molecule has 0 spiro atoms. The van der Waals surface area contributed by atoms with Crippen LogP contribution in [0.5, 0.6) is 0 Å².